The Morgan fingerprint density at radius 3 is 2.31 bits per heavy atom. The van der Waals surface area contributed by atoms with Gasteiger partial charge in [-0.1, -0.05) is 59.6 Å². The quantitative estimate of drug-likeness (QED) is 0.249. The van der Waals surface area contributed by atoms with Crippen molar-refractivity contribution in [2.75, 3.05) is 42.8 Å². The first-order valence-electron chi connectivity index (χ1n) is 11.4. The second kappa shape index (κ2) is 13.9. The van der Waals surface area contributed by atoms with Gasteiger partial charge in [0, 0.05) is 27.9 Å². The van der Waals surface area contributed by atoms with E-state index >= 15 is 0 Å². The number of halogens is 2. The van der Waals surface area contributed by atoms with E-state index < -0.39 is 10.0 Å². The first kappa shape index (κ1) is 29.2. The predicted octanol–water partition coefficient (Wildman–Crippen LogP) is 6.15. The molecule has 1 fully saturated rings. The van der Waals surface area contributed by atoms with Crippen LogP contribution < -0.4 is 10.2 Å². The molecule has 2 atom stereocenters. The minimum atomic E-state index is -0.669. The molecule has 1 aliphatic rings. The minimum absolute atomic E-state index is 0.0456. The minimum Gasteiger partial charge on any atom is -0.360 e. The smallest absolute Gasteiger partial charge is 0.234 e. The Balaban J connectivity index is 0.000000527. The second-order valence-electron chi connectivity index (χ2n) is 9.41. The lowest BCUT2D eigenvalue weighted by atomic mass is 9.85. The highest BCUT2D eigenvalue weighted by Gasteiger charge is 2.37. The number of nitrogens with one attached hydrogen (secondary N) is 1. The first-order chi connectivity index (χ1) is 16.5. The summed E-state index contributed by atoms with van der Waals surface area (Å²) in [4.78, 5) is 26.9. The van der Waals surface area contributed by atoms with E-state index in [9.17, 15) is 9.59 Å². The zero-order chi connectivity index (χ0) is 26.0. The van der Waals surface area contributed by atoms with Crippen molar-refractivity contribution in [1.82, 2.24) is 5.32 Å². The number of carbonyl (C=O) groups is 2. The standard InChI is InChI=1S/C21H31ClN2O3S.C6H5Cl/c1-15(2)20-18(9-10-19(25)23-20)21(26)24(14-27-11-12-28(3,4)5)17-8-6-7-16(22)13-17;7-6-4-2-1-3-5-6/h6-8,13,18,20H,1,9-12,14H2,2-5H3,(H,23,25);1-5H. The van der Waals surface area contributed by atoms with Crippen molar-refractivity contribution in [2.45, 2.75) is 25.8 Å². The Hall–Kier alpha value is -1.99. The monoisotopic (exact) mass is 538 g/mol. The van der Waals surface area contributed by atoms with Gasteiger partial charge in [-0.3, -0.25) is 14.5 Å². The molecule has 0 bridgehead atoms. The molecule has 0 aliphatic carbocycles. The van der Waals surface area contributed by atoms with Gasteiger partial charge in [0.15, 0.2) is 0 Å². The van der Waals surface area contributed by atoms with E-state index in [4.69, 9.17) is 27.9 Å². The lowest BCUT2D eigenvalue weighted by Crippen LogP contribution is -2.52. The van der Waals surface area contributed by atoms with Crippen LogP contribution in [0, 0.1) is 5.92 Å². The zero-order valence-electron chi connectivity index (χ0n) is 20.9. The van der Waals surface area contributed by atoms with Gasteiger partial charge in [-0.05, 0) is 62.4 Å². The molecule has 1 saturated heterocycles. The molecule has 2 aromatic carbocycles. The molecule has 0 aromatic heterocycles. The van der Waals surface area contributed by atoms with Crippen LogP contribution in [0.15, 0.2) is 66.7 Å². The first-order valence-corrected chi connectivity index (χ1v) is 15.2. The molecule has 1 N–H and O–H groups in total. The summed E-state index contributed by atoms with van der Waals surface area (Å²) in [5, 5.41) is 4.25. The van der Waals surface area contributed by atoms with Crippen LogP contribution in [0.4, 0.5) is 5.69 Å². The van der Waals surface area contributed by atoms with E-state index in [-0.39, 0.29) is 30.5 Å². The SMILES string of the molecule is C=C(C)C1NC(=O)CCC1C(=O)N(COCCS(C)(C)C)c1cccc(Cl)c1.Clc1ccccc1. The van der Waals surface area contributed by atoms with Crippen molar-refractivity contribution in [1.29, 1.82) is 0 Å². The Kier molecular flexibility index (Phi) is 11.6. The topological polar surface area (TPSA) is 58.6 Å². The van der Waals surface area contributed by atoms with Gasteiger partial charge in [0.25, 0.3) is 0 Å². The Morgan fingerprint density at radius 2 is 1.77 bits per heavy atom. The number of nitrogens with zero attached hydrogens (tertiary/aromatic N) is 1. The van der Waals surface area contributed by atoms with Crippen molar-refractivity contribution < 1.29 is 14.3 Å². The van der Waals surface area contributed by atoms with Crippen LogP contribution in [0.3, 0.4) is 0 Å². The average Bonchev–Trinajstić information content (AvgIpc) is 2.79. The Labute approximate surface area is 221 Å². The number of piperidine rings is 1. The molecule has 1 heterocycles. The van der Waals surface area contributed by atoms with Crippen LogP contribution in [-0.2, 0) is 14.3 Å². The van der Waals surface area contributed by atoms with Crippen molar-refractivity contribution in [3.63, 3.8) is 0 Å². The van der Waals surface area contributed by atoms with E-state index in [2.05, 4.69) is 30.7 Å². The highest BCUT2D eigenvalue weighted by molar-refractivity contribution is 8.32. The number of carbonyl (C=O) groups excluding carboxylic acids is 2. The van der Waals surface area contributed by atoms with Gasteiger partial charge in [0.05, 0.1) is 18.6 Å². The number of hydrogen-bond donors (Lipinski definition) is 1. The van der Waals surface area contributed by atoms with E-state index in [1.807, 2.05) is 49.4 Å². The fourth-order valence-electron chi connectivity index (χ4n) is 3.52. The van der Waals surface area contributed by atoms with Crippen LogP contribution >= 0.6 is 33.2 Å². The van der Waals surface area contributed by atoms with Gasteiger partial charge in [0.2, 0.25) is 11.8 Å². The van der Waals surface area contributed by atoms with E-state index in [1.165, 1.54) is 0 Å². The van der Waals surface area contributed by atoms with Gasteiger partial charge in [-0.15, -0.1) is 0 Å². The lowest BCUT2D eigenvalue weighted by molar-refractivity contribution is -0.129. The van der Waals surface area contributed by atoms with Crippen molar-refractivity contribution in [3.05, 3.63) is 76.8 Å². The lowest BCUT2D eigenvalue weighted by Gasteiger charge is -2.35. The van der Waals surface area contributed by atoms with E-state index in [0.29, 0.717) is 30.2 Å². The van der Waals surface area contributed by atoms with Crippen molar-refractivity contribution >= 4 is 50.7 Å². The molecule has 0 spiro atoms. The second-order valence-corrected chi connectivity index (χ2v) is 14.9. The zero-order valence-corrected chi connectivity index (χ0v) is 23.3. The average molecular weight is 540 g/mol. The predicted molar refractivity (Wildman–Crippen MR) is 151 cm³/mol. The normalized spacial score (nSPS) is 18.1. The van der Waals surface area contributed by atoms with E-state index in [1.54, 1.807) is 17.0 Å². The third kappa shape index (κ3) is 10.3. The number of benzene rings is 2. The maximum atomic E-state index is 13.4. The molecule has 2 unspecified atom stereocenters. The number of rotatable bonds is 8. The fraction of sp³-hybridized carbons (Fsp3) is 0.407. The maximum absolute atomic E-state index is 13.4. The van der Waals surface area contributed by atoms with Gasteiger partial charge in [-0.25, -0.2) is 10.0 Å². The highest BCUT2D eigenvalue weighted by atomic mass is 35.5. The van der Waals surface area contributed by atoms with Crippen LogP contribution in [0.1, 0.15) is 19.8 Å². The van der Waals surface area contributed by atoms with Crippen LogP contribution in [0.5, 0.6) is 0 Å². The molecule has 3 rings (SSSR count). The molecule has 0 saturated carbocycles. The summed E-state index contributed by atoms with van der Waals surface area (Å²) in [5.74, 6) is 0.471. The third-order valence-electron chi connectivity index (χ3n) is 5.43. The number of hydrogen-bond acceptors (Lipinski definition) is 3. The summed E-state index contributed by atoms with van der Waals surface area (Å²) < 4.78 is 5.87. The molecule has 192 valence electrons. The van der Waals surface area contributed by atoms with Gasteiger partial charge in [0.1, 0.15) is 6.73 Å². The van der Waals surface area contributed by atoms with Crippen molar-refractivity contribution in [2.24, 2.45) is 5.92 Å². The van der Waals surface area contributed by atoms with E-state index in [0.717, 1.165) is 16.3 Å². The molecule has 35 heavy (non-hydrogen) atoms. The number of ether oxygens (including phenoxy) is 1. The number of amides is 2. The Bertz CT molecular complexity index is 995. The molecule has 2 amide bonds. The molecular weight excluding hydrogens is 503 g/mol. The largest absolute Gasteiger partial charge is 0.360 e. The summed E-state index contributed by atoms with van der Waals surface area (Å²) >= 11 is 11.7. The van der Waals surface area contributed by atoms with Crippen LogP contribution in [0.25, 0.3) is 0 Å². The van der Waals surface area contributed by atoms with Gasteiger partial charge in [-0.2, -0.15) is 0 Å². The highest BCUT2D eigenvalue weighted by Crippen LogP contribution is 2.34. The summed E-state index contributed by atoms with van der Waals surface area (Å²) in [6, 6.07) is 16.3. The molecule has 5 nitrogen and oxygen atoms in total. The summed E-state index contributed by atoms with van der Waals surface area (Å²) in [6.07, 6.45) is 7.53. The molecule has 2 aromatic rings. The fourth-order valence-corrected chi connectivity index (χ4v) is 4.47. The molecule has 0 radical (unpaired) electrons. The third-order valence-corrected chi connectivity index (χ3v) is 7.31. The molecular formula is C27H36Cl2N2O3S. The molecule has 8 heteroatoms. The van der Waals surface area contributed by atoms with Crippen molar-refractivity contribution in [3.8, 4) is 0 Å². The maximum Gasteiger partial charge on any atom is 0.234 e. The van der Waals surface area contributed by atoms with Gasteiger partial charge >= 0.3 is 0 Å². The summed E-state index contributed by atoms with van der Waals surface area (Å²) in [5.41, 5.74) is 1.47. The number of anilines is 1. The Morgan fingerprint density at radius 1 is 1.11 bits per heavy atom. The summed E-state index contributed by atoms with van der Waals surface area (Å²) in [6.45, 7) is 6.54. The van der Waals surface area contributed by atoms with Crippen LogP contribution in [-0.4, -0.2) is 55.7 Å². The van der Waals surface area contributed by atoms with Gasteiger partial charge < -0.3 is 10.1 Å². The molecule has 1 aliphatic heterocycles. The van der Waals surface area contributed by atoms with Crippen LogP contribution in [0.2, 0.25) is 10.0 Å². The summed E-state index contributed by atoms with van der Waals surface area (Å²) in [7, 11) is -0.669.